The Morgan fingerprint density at radius 2 is 1.84 bits per heavy atom. The van der Waals surface area contributed by atoms with Crippen molar-refractivity contribution in [3.05, 3.63) is 99.9 Å². The minimum Gasteiger partial charge on any atom is -0.496 e. The van der Waals surface area contributed by atoms with E-state index in [9.17, 15) is 10.1 Å². The summed E-state index contributed by atoms with van der Waals surface area (Å²) in [5.41, 5.74) is 8.01. The van der Waals surface area contributed by atoms with Crippen molar-refractivity contribution >= 4 is 17.6 Å². The normalized spacial score (nSPS) is 14.8. The zero-order chi connectivity index (χ0) is 22.0. The number of rotatable bonds is 4. The SMILES string of the molecule is COc1ccccc1C(=O)Oc1ccc2c(c1)OC(N)=C(C#N)C2c1ccccc1Cl. The molecule has 1 atom stereocenters. The number of nitrogens with two attached hydrogens (primary N) is 1. The van der Waals surface area contributed by atoms with Crippen LogP contribution in [0.5, 0.6) is 17.2 Å². The first-order chi connectivity index (χ1) is 15.0. The molecule has 0 radical (unpaired) electrons. The second-order valence-corrected chi connectivity index (χ2v) is 7.14. The van der Waals surface area contributed by atoms with Crippen molar-refractivity contribution in [3.8, 4) is 23.3 Å². The van der Waals surface area contributed by atoms with Gasteiger partial charge < -0.3 is 19.9 Å². The summed E-state index contributed by atoms with van der Waals surface area (Å²) in [5.74, 6) is -0.0366. The summed E-state index contributed by atoms with van der Waals surface area (Å²) in [5, 5.41) is 10.2. The molecule has 0 saturated heterocycles. The number of carbonyl (C=O) groups excluding carboxylic acids is 1. The molecule has 3 aromatic carbocycles. The van der Waals surface area contributed by atoms with Crippen LogP contribution in [0.25, 0.3) is 0 Å². The lowest BCUT2D eigenvalue weighted by Gasteiger charge is -2.27. The third-order valence-electron chi connectivity index (χ3n) is 4.94. The Kier molecular flexibility index (Phi) is 5.52. The van der Waals surface area contributed by atoms with Crippen molar-refractivity contribution in [1.29, 1.82) is 5.26 Å². The van der Waals surface area contributed by atoms with Gasteiger partial charge in [0.1, 0.15) is 34.5 Å². The monoisotopic (exact) mass is 432 g/mol. The van der Waals surface area contributed by atoms with Gasteiger partial charge in [0.25, 0.3) is 0 Å². The van der Waals surface area contributed by atoms with E-state index in [0.29, 0.717) is 27.6 Å². The molecule has 0 fully saturated rings. The Labute approximate surface area is 184 Å². The summed E-state index contributed by atoms with van der Waals surface area (Å²) in [6.07, 6.45) is 0. The first kappa shape index (κ1) is 20.3. The van der Waals surface area contributed by atoms with Crippen LogP contribution < -0.4 is 19.9 Å². The molecule has 1 aliphatic rings. The number of methoxy groups -OCH3 is 1. The highest BCUT2D eigenvalue weighted by molar-refractivity contribution is 6.31. The maximum atomic E-state index is 12.6. The van der Waals surface area contributed by atoms with Gasteiger partial charge in [0.15, 0.2) is 0 Å². The number of ether oxygens (including phenoxy) is 3. The third kappa shape index (κ3) is 3.79. The van der Waals surface area contributed by atoms with Crippen LogP contribution in [0.15, 0.2) is 78.2 Å². The number of nitrogens with zero attached hydrogens (tertiary/aromatic N) is 1. The maximum Gasteiger partial charge on any atom is 0.347 e. The van der Waals surface area contributed by atoms with E-state index in [-0.39, 0.29) is 17.2 Å². The molecule has 0 amide bonds. The van der Waals surface area contributed by atoms with Crippen LogP contribution in [0.3, 0.4) is 0 Å². The van der Waals surface area contributed by atoms with Crippen LogP contribution in [0.1, 0.15) is 27.4 Å². The van der Waals surface area contributed by atoms with E-state index in [4.69, 9.17) is 31.5 Å². The summed E-state index contributed by atoms with van der Waals surface area (Å²) >= 11 is 6.40. The van der Waals surface area contributed by atoms with Crippen molar-refractivity contribution in [1.82, 2.24) is 0 Å². The molecule has 1 unspecified atom stereocenters. The van der Waals surface area contributed by atoms with E-state index in [1.807, 2.05) is 18.2 Å². The Hall–Kier alpha value is -3.95. The van der Waals surface area contributed by atoms with Crippen molar-refractivity contribution in [3.63, 3.8) is 0 Å². The molecular weight excluding hydrogens is 416 g/mol. The molecule has 3 aromatic rings. The van der Waals surface area contributed by atoms with Crippen LogP contribution >= 0.6 is 11.6 Å². The molecular formula is C24H17ClN2O4. The average Bonchev–Trinajstić information content (AvgIpc) is 2.78. The molecule has 1 heterocycles. The van der Waals surface area contributed by atoms with Gasteiger partial charge in [-0.2, -0.15) is 5.26 Å². The van der Waals surface area contributed by atoms with E-state index in [1.54, 1.807) is 48.5 Å². The standard InChI is InChI=1S/C24H17ClN2O4/c1-29-20-9-5-3-7-17(20)24(28)30-14-10-11-16-21(12-14)31-23(27)18(13-26)22(16)15-6-2-4-8-19(15)25/h2-12,22H,27H2,1H3. The number of carbonyl (C=O) groups is 1. The molecule has 0 aromatic heterocycles. The lowest BCUT2D eigenvalue weighted by atomic mass is 9.83. The van der Waals surface area contributed by atoms with Gasteiger partial charge in [0.2, 0.25) is 5.88 Å². The predicted molar refractivity (Wildman–Crippen MR) is 115 cm³/mol. The fourth-order valence-electron chi connectivity index (χ4n) is 3.50. The second kappa shape index (κ2) is 8.42. The molecule has 7 heteroatoms. The number of hydrogen-bond acceptors (Lipinski definition) is 6. The molecule has 4 rings (SSSR count). The second-order valence-electron chi connectivity index (χ2n) is 6.74. The van der Waals surface area contributed by atoms with Crippen molar-refractivity contribution in [2.75, 3.05) is 7.11 Å². The zero-order valence-corrected chi connectivity index (χ0v) is 17.2. The lowest BCUT2D eigenvalue weighted by molar-refractivity contribution is 0.0731. The first-order valence-electron chi connectivity index (χ1n) is 9.34. The predicted octanol–water partition coefficient (Wildman–Crippen LogP) is 4.79. The fraction of sp³-hybridized carbons (Fsp3) is 0.0833. The summed E-state index contributed by atoms with van der Waals surface area (Å²) in [6.45, 7) is 0. The minimum absolute atomic E-state index is 0.0203. The van der Waals surface area contributed by atoms with E-state index in [1.165, 1.54) is 7.11 Å². The number of para-hydroxylation sites is 1. The highest BCUT2D eigenvalue weighted by Gasteiger charge is 2.32. The number of nitriles is 1. The number of fused-ring (bicyclic) bond motifs is 1. The molecule has 0 spiro atoms. The van der Waals surface area contributed by atoms with Gasteiger partial charge in [-0.15, -0.1) is 0 Å². The van der Waals surface area contributed by atoms with Crippen LogP contribution in [-0.4, -0.2) is 13.1 Å². The molecule has 154 valence electrons. The molecule has 0 saturated carbocycles. The molecule has 1 aliphatic heterocycles. The van der Waals surface area contributed by atoms with Gasteiger partial charge in [-0.3, -0.25) is 0 Å². The zero-order valence-electron chi connectivity index (χ0n) is 16.5. The summed E-state index contributed by atoms with van der Waals surface area (Å²) in [7, 11) is 1.48. The van der Waals surface area contributed by atoms with Gasteiger partial charge in [-0.25, -0.2) is 4.79 Å². The van der Waals surface area contributed by atoms with Crippen LogP contribution in [-0.2, 0) is 0 Å². The van der Waals surface area contributed by atoms with Gasteiger partial charge in [-0.1, -0.05) is 48.0 Å². The average molecular weight is 433 g/mol. The summed E-state index contributed by atoms with van der Waals surface area (Å²) in [6, 6.07) is 21.1. The Morgan fingerprint density at radius 1 is 1.10 bits per heavy atom. The third-order valence-corrected chi connectivity index (χ3v) is 5.29. The highest BCUT2D eigenvalue weighted by Crippen LogP contribution is 2.45. The largest absolute Gasteiger partial charge is 0.496 e. The first-order valence-corrected chi connectivity index (χ1v) is 9.72. The Morgan fingerprint density at radius 3 is 2.58 bits per heavy atom. The number of esters is 1. The highest BCUT2D eigenvalue weighted by atomic mass is 35.5. The Bertz CT molecular complexity index is 1250. The maximum absolute atomic E-state index is 12.6. The molecule has 0 bridgehead atoms. The van der Waals surface area contributed by atoms with Crippen LogP contribution in [0.2, 0.25) is 5.02 Å². The minimum atomic E-state index is -0.572. The lowest BCUT2D eigenvalue weighted by Crippen LogP contribution is -2.21. The Balaban J connectivity index is 1.71. The molecule has 6 nitrogen and oxygen atoms in total. The fourth-order valence-corrected chi connectivity index (χ4v) is 3.75. The van der Waals surface area contributed by atoms with Crippen LogP contribution in [0.4, 0.5) is 0 Å². The topological polar surface area (TPSA) is 94.6 Å². The van der Waals surface area contributed by atoms with Crippen molar-refractivity contribution in [2.45, 2.75) is 5.92 Å². The quantitative estimate of drug-likeness (QED) is 0.470. The van der Waals surface area contributed by atoms with E-state index < -0.39 is 11.9 Å². The van der Waals surface area contributed by atoms with Crippen molar-refractivity contribution < 1.29 is 19.0 Å². The van der Waals surface area contributed by atoms with Gasteiger partial charge in [0, 0.05) is 16.7 Å². The van der Waals surface area contributed by atoms with E-state index in [0.717, 1.165) is 5.56 Å². The van der Waals surface area contributed by atoms with Crippen LogP contribution in [0, 0.1) is 11.3 Å². The van der Waals surface area contributed by atoms with Gasteiger partial charge >= 0.3 is 5.97 Å². The summed E-state index contributed by atoms with van der Waals surface area (Å²) < 4.78 is 16.4. The van der Waals surface area contributed by atoms with E-state index >= 15 is 0 Å². The number of allylic oxidation sites excluding steroid dienone is 1. The molecule has 2 N–H and O–H groups in total. The van der Waals surface area contributed by atoms with Gasteiger partial charge in [-0.05, 0) is 29.8 Å². The van der Waals surface area contributed by atoms with Crippen molar-refractivity contribution in [2.24, 2.45) is 5.73 Å². The molecule has 0 aliphatic carbocycles. The van der Waals surface area contributed by atoms with E-state index in [2.05, 4.69) is 6.07 Å². The number of hydrogen-bond donors (Lipinski definition) is 1. The van der Waals surface area contributed by atoms with Gasteiger partial charge in [0.05, 0.1) is 13.0 Å². The number of halogens is 1. The summed E-state index contributed by atoms with van der Waals surface area (Å²) in [4.78, 5) is 12.6. The number of benzene rings is 3. The molecule has 31 heavy (non-hydrogen) atoms. The smallest absolute Gasteiger partial charge is 0.347 e.